The average Bonchev–Trinajstić information content (AvgIpc) is 2.55. The molecule has 0 saturated heterocycles. The Morgan fingerprint density at radius 1 is 1.09 bits per heavy atom. The van der Waals surface area contributed by atoms with Crippen LogP contribution < -0.4 is 9.47 Å². The maximum absolute atomic E-state index is 14.1. The highest BCUT2D eigenvalue weighted by Crippen LogP contribution is 2.33. The molecule has 1 aliphatic rings. The van der Waals surface area contributed by atoms with Crippen LogP contribution in [0, 0.1) is 17.7 Å². The van der Waals surface area contributed by atoms with Crippen molar-refractivity contribution < 1.29 is 18.3 Å². The monoisotopic (exact) mass is 326 g/mol. The maximum Gasteiger partial charge on any atom is 0.168 e. The first kappa shape index (κ1) is 18.0. The number of hydrogen-bond acceptors (Lipinski definition) is 2. The van der Waals surface area contributed by atoms with Crippen molar-refractivity contribution in [2.45, 2.75) is 58.5 Å². The second-order valence-corrected chi connectivity index (χ2v) is 6.46. The highest BCUT2D eigenvalue weighted by molar-refractivity contribution is 5.33. The number of hydrogen-bond donors (Lipinski definition) is 0. The lowest BCUT2D eigenvalue weighted by molar-refractivity contribution is 0.143. The standard InChI is InChI=1S/C19H28F2O2/c1-3-14-5-7-15(8-6-14)11-16(20)13-23-19-10-9-17(22-4-2)12-18(19)21/h9-10,12,14-16H,3-8,11,13H2,1-2H3. The molecule has 1 aromatic rings. The van der Waals surface area contributed by atoms with E-state index in [9.17, 15) is 8.78 Å². The van der Waals surface area contributed by atoms with Gasteiger partial charge in [0.05, 0.1) is 6.61 Å². The van der Waals surface area contributed by atoms with E-state index in [1.165, 1.54) is 31.4 Å². The molecule has 2 rings (SSSR count). The molecular formula is C19H28F2O2. The van der Waals surface area contributed by atoms with Crippen molar-refractivity contribution in [3.63, 3.8) is 0 Å². The molecule has 0 spiro atoms. The largest absolute Gasteiger partial charge is 0.494 e. The molecule has 0 heterocycles. The van der Waals surface area contributed by atoms with Crippen LogP contribution in [0.15, 0.2) is 18.2 Å². The van der Waals surface area contributed by atoms with E-state index >= 15 is 0 Å². The molecule has 0 bridgehead atoms. The molecule has 1 aliphatic carbocycles. The van der Waals surface area contributed by atoms with E-state index in [1.807, 2.05) is 6.92 Å². The first-order chi connectivity index (χ1) is 11.1. The van der Waals surface area contributed by atoms with E-state index in [2.05, 4.69) is 6.92 Å². The molecule has 0 amide bonds. The zero-order chi connectivity index (χ0) is 16.7. The van der Waals surface area contributed by atoms with Crippen LogP contribution >= 0.6 is 0 Å². The van der Waals surface area contributed by atoms with Gasteiger partial charge < -0.3 is 9.47 Å². The Balaban J connectivity index is 1.75. The van der Waals surface area contributed by atoms with Crippen LogP contribution in [0.25, 0.3) is 0 Å². The third kappa shape index (κ3) is 5.67. The Labute approximate surface area is 138 Å². The molecule has 2 nitrogen and oxygen atoms in total. The quantitative estimate of drug-likeness (QED) is 0.624. The van der Waals surface area contributed by atoms with E-state index in [0.717, 1.165) is 18.8 Å². The van der Waals surface area contributed by atoms with Gasteiger partial charge in [-0.2, -0.15) is 0 Å². The first-order valence-corrected chi connectivity index (χ1v) is 8.81. The lowest BCUT2D eigenvalue weighted by atomic mass is 9.79. The number of benzene rings is 1. The zero-order valence-electron chi connectivity index (χ0n) is 14.2. The van der Waals surface area contributed by atoms with Crippen molar-refractivity contribution in [2.24, 2.45) is 11.8 Å². The minimum absolute atomic E-state index is 0.0847. The van der Waals surface area contributed by atoms with Gasteiger partial charge in [-0.1, -0.05) is 39.0 Å². The van der Waals surface area contributed by atoms with Gasteiger partial charge in [0.15, 0.2) is 11.6 Å². The summed E-state index contributed by atoms with van der Waals surface area (Å²) >= 11 is 0. The van der Waals surface area contributed by atoms with E-state index in [4.69, 9.17) is 9.47 Å². The number of halogens is 2. The van der Waals surface area contributed by atoms with Gasteiger partial charge in [-0.25, -0.2) is 8.78 Å². The summed E-state index contributed by atoms with van der Waals surface area (Å²) in [5.41, 5.74) is 0. The van der Waals surface area contributed by atoms with E-state index in [-0.39, 0.29) is 12.4 Å². The summed E-state index contributed by atoms with van der Waals surface area (Å²) in [6, 6.07) is 4.42. The fourth-order valence-corrected chi connectivity index (χ4v) is 3.34. The highest BCUT2D eigenvalue weighted by Gasteiger charge is 2.23. The second-order valence-electron chi connectivity index (χ2n) is 6.46. The highest BCUT2D eigenvalue weighted by atomic mass is 19.1. The number of rotatable bonds is 8. The van der Waals surface area contributed by atoms with Crippen molar-refractivity contribution in [2.75, 3.05) is 13.2 Å². The summed E-state index contributed by atoms with van der Waals surface area (Å²) in [4.78, 5) is 0. The smallest absolute Gasteiger partial charge is 0.168 e. The van der Waals surface area contributed by atoms with Crippen LogP contribution in [0.4, 0.5) is 8.78 Å². The third-order valence-electron chi connectivity index (χ3n) is 4.77. The Morgan fingerprint density at radius 3 is 2.39 bits per heavy atom. The normalized spacial score (nSPS) is 22.6. The predicted octanol–water partition coefficient (Wildman–Crippen LogP) is 5.55. The molecule has 0 radical (unpaired) electrons. The fraction of sp³-hybridized carbons (Fsp3) is 0.684. The number of ether oxygens (including phenoxy) is 2. The minimum Gasteiger partial charge on any atom is -0.494 e. The summed E-state index contributed by atoms with van der Waals surface area (Å²) in [5, 5.41) is 0. The van der Waals surface area contributed by atoms with Gasteiger partial charge in [-0.05, 0) is 37.3 Å². The van der Waals surface area contributed by atoms with Crippen LogP contribution in [0.2, 0.25) is 0 Å². The molecule has 1 fully saturated rings. The van der Waals surface area contributed by atoms with Crippen LogP contribution in [-0.2, 0) is 0 Å². The summed E-state index contributed by atoms with van der Waals surface area (Å²) in [7, 11) is 0. The Bertz CT molecular complexity index is 470. The average molecular weight is 326 g/mol. The van der Waals surface area contributed by atoms with Crippen LogP contribution in [0.5, 0.6) is 11.5 Å². The molecule has 0 aromatic heterocycles. The first-order valence-electron chi connectivity index (χ1n) is 8.81. The Kier molecular flexibility index (Phi) is 7.13. The molecule has 4 heteroatoms. The van der Waals surface area contributed by atoms with Crippen LogP contribution in [0.1, 0.15) is 52.4 Å². The topological polar surface area (TPSA) is 18.5 Å². The van der Waals surface area contributed by atoms with Crippen molar-refractivity contribution in [3.05, 3.63) is 24.0 Å². The van der Waals surface area contributed by atoms with Gasteiger partial charge in [0.2, 0.25) is 0 Å². The van der Waals surface area contributed by atoms with Crippen molar-refractivity contribution >= 4 is 0 Å². The van der Waals surface area contributed by atoms with Crippen LogP contribution in [0.3, 0.4) is 0 Å². The van der Waals surface area contributed by atoms with E-state index in [0.29, 0.717) is 24.7 Å². The van der Waals surface area contributed by atoms with Crippen molar-refractivity contribution in [3.8, 4) is 11.5 Å². The fourth-order valence-electron chi connectivity index (χ4n) is 3.34. The minimum atomic E-state index is -1.04. The molecule has 1 unspecified atom stereocenters. The lowest BCUT2D eigenvalue weighted by Crippen LogP contribution is -2.21. The van der Waals surface area contributed by atoms with Gasteiger partial charge in [-0.3, -0.25) is 0 Å². The lowest BCUT2D eigenvalue weighted by Gasteiger charge is -2.28. The van der Waals surface area contributed by atoms with Crippen LogP contribution in [-0.4, -0.2) is 19.4 Å². The van der Waals surface area contributed by atoms with E-state index in [1.54, 1.807) is 6.07 Å². The molecule has 1 atom stereocenters. The second kappa shape index (κ2) is 9.09. The molecule has 0 aliphatic heterocycles. The Morgan fingerprint density at radius 2 is 1.78 bits per heavy atom. The van der Waals surface area contributed by atoms with Gasteiger partial charge >= 0.3 is 0 Å². The Hall–Kier alpha value is -1.32. The third-order valence-corrected chi connectivity index (χ3v) is 4.77. The number of alkyl halides is 1. The summed E-state index contributed by atoms with van der Waals surface area (Å²) < 4.78 is 38.5. The summed E-state index contributed by atoms with van der Waals surface area (Å²) in [5.74, 6) is 1.30. The van der Waals surface area contributed by atoms with Crippen molar-refractivity contribution in [1.29, 1.82) is 0 Å². The maximum atomic E-state index is 14.1. The van der Waals surface area contributed by atoms with E-state index < -0.39 is 12.0 Å². The zero-order valence-corrected chi connectivity index (χ0v) is 14.2. The summed E-state index contributed by atoms with van der Waals surface area (Å²) in [6.07, 6.45) is 5.35. The molecule has 1 aromatic carbocycles. The molecule has 23 heavy (non-hydrogen) atoms. The SMILES string of the molecule is CCOc1ccc(OCC(F)CC2CCC(CC)CC2)c(F)c1. The van der Waals surface area contributed by atoms with Gasteiger partial charge in [0.1, 0.15) is 18.5 Å². The predicted molar refractivity (Wildman–Crippen MR) is 88.3 cm³/mol. The summed E-state index contributed by atoms with van der Waals surface area (Å²) in [6.45, 7) is 4.46. The van der Waals surface area contributed by atoms with Crippen molar-refractivity contribution in [1.82, 2.24) is 0 Å². The molecule has 1 saturated carbocycles. The van der Waals surface area contributed by atoms with Gasteiger partial charge in [0, 0.05) is 6.07 Å². The molecule has 0 N–H and O–H groups in total. The molecule has 130 valence electrons. The van der Waals surface area contributed by atoms with Gasteiger partial charge in [-0.15, -0.1) is 0 Å². The van der Waals surface area contributed by atoms with Gasteiger partial charge in [0.25, 0.3) is 0 Å². The molecular weight excluding hydrogens is 298 g/mol.